The molecule has 10 heteroatoms. The van der Waals surface area contributed by atoms with Gasteiger partial charge < -0.3 is 23.6 Å². The van der Waals surface area contributed by atoms with E-state index in [9.17, 15) is 17.6 Å². The van der Waals surface area contributed by atoms with Crippen LogP contribution in [-0.4, -0.2) is 32.5 Å². The van der Waals surface area contributed by atoms with Crippen LogP contribution in [0.2, 0.25) is 0 Å². The van der Waals surface area contributed by atoms with E-state index >= 15 is 0 Å². The van der Waals surface area contributed by atoms with Crippen molar-refractivity contribution in [3.8, 4) is 11.5 Å². The molecule has 0 aliphatic rings. The molecule has 0 radical (unpaired) electrons. The molecule has 0 unspecified atom stereocenters. The highest BCUT2D eigenvalue weighted by atomic mass is 32.2. The molecule has 0 bridgehead atoms. The topological polar surface area (TPSA) is 98.1 Å². The zero-order chi connectivity index (χ0) is 24.0. The van der Waals surface area contributed by atoms with Gasteiger partial charge in [-0.2, -0.15) is 8.42 Å². The standard InChI is InChI=1S/C23H25FN2O6S/c1-16(2)25-23(27)26(15-19-5-4-12-31-19)14-17-6-11-21(30-3)22(13-17)32-33(28,29)20-9-7-18(24)8-10-20/h4-13,16H,14-15H2,1-3H3,(H,25,27). The Hall–Kier alpha value is -3.53. The zero-order valence-corrected chi connectivity index (χ0v) is 19.3. The number of nitrogens with zero attached hydrogens (tertiary/aromatic N) is 1. The lowest BCUT2D eigenvalue weighted by atomic mass is 10.2. The van der Waals surface area contributed by atoms with Gasteiger partial charge in [-0.3, -0.25) is 0 Å². The van der Waals surface area contributed by atoms with Gasteiger partial charge in [0, 0.05) is 12.6 Å². The number of urea groups is 1. The Labute approximate surface area is 192 Å². The largest absolute Gasteiger partial charge is 0.493 e. The second-order valence-electron chi connectivity index (χ2n) is 7.52. The maximum atomic E-state index is 13.2. The van der Waals surface area contributed by atoms with Crippen molar-refractivity contribution in [2.75, 3.05) is 7.11 Å². The van der Waals surface area contributed by atoms with Gasteiger partial charge in [0.15, 0.2) is 11.5 Å². The Morgan fingerprint density at radius 1 is 1.09 bits per heavy atom. The van der Waals surface area contributed by atoms with E-state index in [0.29, 0.717) is 11.3 Å². The minimum atomic E-state index is -4.24. The molecule has 1 heterocycles. The average molecular weight is 477 g/mol. The van der Waals surface area contributed by atoms with Crippen LogP contribution in [0.25, 0.3) is 0 Å². The van der Waals surface area contributed by atoms with Crippen molar-refractivity contribution in [1.29, 1.82) is 0 Å². The van der Waals surface area contributed by atoms with E-state index < -0.39 is 15.9 Å². The molecule has 2 aromatic carbocycles. The van der Waals surface area contributed by atoms with Gasteiger partial charge in [-0.15, -0.1) is 0 Å². The van der Waals surface area contributed by atoms with Crippen LogP contribution in [0.5, 0.6) is 11.5 Å². The number of hydrogen-bond acceptors (Lipinski definition) is 6. The van der Waals surface area contributed by atoms with E-state index in [1.165, 1.54) is 24.3 Å². The molecule has 8 nitrogen and oxygen atoms in total. The molecule has 176 valence electrons. The SMILES string of the molecule is COc1ccc(CN(Cc2ccco2)C(=O)NC(C)C)cc1OS(=O)(=O)c1ccc(F)cc1. The molecule has 1 aromatic heterocycles. The van der Waals surface area contributed by atoms with Crippen LogP contribution in [0.15, 0.2) is 70.2 Å². The second kappa shape index (κ2) is 10.4. The predicted molar refractivity (Wildman–Crippen MR) is 119 cm³/mol. The average Bonchev–Trinajstić information content (AvgIpc) is 3.26. The van der Waals surface area contributed by atoms with E-state index in [4.69, 9.17) is 13.3 Å². The van der Waals surface area contributed by atoms with E-state index in [1.807, 2.05) is 13.8 Å². The van der Waals surface area contributed by atoms with E-state index in [2.05, 4.69) is 5.32 Å². The van der Waals surface area contributed by atoms with Gasteiger partial charge in [-0.1, -0.05) is 6.07 Å². The maximum absolute atomic E-state index is 13.2. The highest BCUT2D eigenvalue weighted by molar-refractivity contribution is 7.87. The molecular formula is C23H25FN2O6S. The summed E-state index contributed by atoms with van der Waals surface area (Å²) in [5.74, 6) is 0.165. The Balaban J connectivity index is 1.87. The summed E-state index contributed by atoms with van der Waals surface area (Å²) in [5.41, 5.74) is 0.602. The Morgan fingerprint density at radius 2 is 1.82 bits per heavy atom. The molecule has 0 spiro atoms. The summed E-state index contributed by atoms with van der Waals surface area (Å²) in [6.07, 6.45) is 1.52. The zero-order valence-electron chi connectivity index (χ0n) is 18.4. The summed E-state index contributed by atoms with van der Waals surface area (Å²) in [6.45, 7) is 4.06. The van der Waals surface area contributed by atoms with Gasteiger partial charge in [-0.25, -0.2) is 9.18 Å². The van der Waals surface area contributed by atoms with Crippen LogP contribution in [0.3, 0.4) is 0 Å². The van der Waals surface area contributed by atoms with Gasteiger partial charge in [0.2, 0.25) is 0 Å². The molecule has 33 heavy (non-hydrogen) atoms. The van der Waals surface area contributed by atoms with E-state index in [-0.39, 0.29) is 41.6 Å². The smallest absolute Gasteiger partial charge is 0.339 e. The minimum Gasteiger partial charge on any atom is -0.493 e. The van der Waals surface area contributed by atoms with Gasteiger partial charge >= 0.3 is 16.1 Å². The fraction of sp³-hybridized carbons (Fsp3) is 0.261. The van der Waals surface area contributed by atoms with Gasteiger partial charge in [0.1, 0.15) is 16.5 Å². The summed E-state index contributed by atoms with van der Waals surface area (Å²) in [6, 6.07) is 12.1. The summed E-state index contributed by atoms with van der Waals surface area (Å²) < 4.78 is 54.4. The molecule has 0 fully saturated rings. The molecule has 0 aliphatic heterocycles. The number of rotatable bonds is 9. The summed E-state index contributed by atoms with van der Waals surface area (Å²) in [4.78, 5) is 14.0. The van der Waals surface area contributed by atoms with Crippen LogP contribution < -0.4 is 14.2 Å². The van der Waals surface area contributed by atoms with Crippen LogP contribution in [0, 0.1) is 5.82 Å². The fourth-order valence-corrected chi connectivity index (χ4v) is 3.93. The Morgan fingerprint density at radius 3 is 2.42 bits per heavy atom. The first-order chi connectivity index (χ1) is 15.7. The predicted octanol–water partition coefficient (Wildman–Crippen LogP) is 4.32. The fourth-order valence-electron chi connectivity index (χ4n) is 3.00. The minimum absolute atomic E-state index is 0.0541. The van der Waals surface area contributed by atoms with Gasteiger partial charge in [0.05, 0.1) is 19.9 Å². The van der Waals surface area contributed by atoms with Gasteiger partial charge in [0.25, 0.3) is 0 Å². The lowest BCUT2D eigenvalue weighted by Crippen LogP contribution is -2.42. The number of furan rings is 1. The quantitative estimate of drug-likeness (QED) is 0.462. The Kier molecular flexibility index (Phi) is 7.59. The number of amides is 2. The summed E-state index contributed by atoms with van der Waals surface area (Å²) >= 11 is 0. The molecule has 2 amide bonds. The monoisotopic (exact) mass is 476 g/mol. The first-order valence-electron chi connectivity index (χ1n) is 10.1. The number of halogens is 1. The highest BCUT2D eigenvalue weighted by Gasteiger charge is 2.21. The van der Waals surface area contributed by atoms with Crippen molar-refractivity contribution in [2.45, 2.75) is 37.9 Å². The van der Waals surface area contributed by atoms with Crippen molar-refractivity contribution < 1.29 is 30.9 Å². The molecule has 0 aliphatic carbocycles. The summed E-state index contributed by atoms with van der Waals surface area (Å²) in [5, 5.41) is 2.84. The first-order valence-corrected chi connectivity index (χ1v) is 11.5. The molecule has 0 atom stereocenters. The number of methoxy groups -OCH3 is 1. The van der Waals surface area contributed by atoms with E-state index in [0.717, 1.165) is 24.3 Å². The third-order valence-electron chi connectivity index (χ3n) is 4.53. The number of ether oxygens (including phenoxy) is 1. The normalized spacial score (nSPS) is 11.3. The Bertz CT molecular complexity index is 1180. The maximum Gasteiger partial charge on any atom is 0.339 e. The van der Waals surface area contributed by atoms with Crippen LogP contribution in [0.4, 0.5) is 9.18 Å². The number of carbonyl (C=O) groups is 1. The molecule has 0 saturated heterocycles. The lowest BCUT2D eigenvalue weighted by molar-refractivity contribution is 0.184. The number of carbonyl (C=O) groups excluding carboxylic acids is 1. The van der Waals surface area contributed by atoms with E-state index in [1.54, 1.807) is 24.3 Å². The van der Waals surface area contributed by atoms with Crippen molar-refractivity contribution in [1.82, 2.24) is 10.2 Å². The third kappa shape index (κ3) is 6.48. The first kappa shape index (κ1) is 24.1. The third-order valence-corrected chi connectivity index (χ3v) is 5.78. The van der Waals surface area contributed by atoms with Crippen LogP contribution in [0.1, 0.15) is 25.2 Å². The second-order valence-corrected chi connectivity index (χ2v) is 9.06. The molecule has 1 N–H and O–H groups in total. The van der Waals surface area contributed by atoms with Crippen LogP contribution in [-0.2, 0) is 23.2 Å². The van der Waals surface area contributed by atoms with Crippen molar-refractivity contribution >= 4 is 16.1 Å². The molecule has 3 aromatic rings. The molecule has 3 rings (SSSR count). The number of benzene rings is 2. The van der Waals surface area contributed by atoms with Crippen molar-refractivity contribution in [3.05, 3.63) is 78.0 Å². The number of nitrogens with one attached hydrogen (secondary N) is 1. The van der Waals surface area contributed by atoms with Crippen LogP contribution >= 0.6 is 0 Å². The van der Waals surface area contributed by atoms with Crippen molar-refractivity contribution in [2.24, 2.45) is 0 Å². The van der Waals surface area contributed by atoms with Gasteiger partial charge in [-0.05, 0) is 67.9 Å². The number of hydrogen-bond donors (Lipinski definition) is 1. The highest BCUT2D eigenvalue weighted by Crippen LogP contribution is 2.31. The molecule has 0 saturated carbocycles. The van der Waals surface area contributed by atoms with Crippen molar-refractivity contribution in [3.63, 3.8) is 0 Å². The summed E-state index contributed by atoms with van der Waals surface area (Å²) in [7, 11) is -2.86. The lowest BCUT2D eigenvalue weighted by Gasteiger charge is -2.24. The molecular weight excluding hydrogens is 451 g/mol.